The summed E-state index contributed by atoms with van der Waals surface area (Å²) < 4.78 is 7.26. The van der Waals surface area contributed by atoms with Gasteiger partial charge in [0.1, 0.15) is 0 Å². The van der Waals surface area contributed by atoms with E-state index in [-0.39, 0.29) is 10.8 Å². The van der Waals surface area contributed by atoms with Crippen molar-refractivity contribution in [3.05, 3.63) is 0 Å². The number of amidine groups is 1. The van der Waals surface area contributed by atoms with E-state index in [4.69, 9.17) is 4.74 Å². The Labute approximate surface area is 111 Å². The van der Waals surface area contributed by atoms with Crippen LogP contribution in [0.4, 0.5) is 9.59 Å². The monoisotopic (exact) mass is 276 g/mol. The van der Waals surface area contributed by atoms with Gasteiger partial charge in [0.15, 0.2) is 0 Å². The van der Waals surface area contributed by atoms with Crippen LogP contribution in [0.3, 0.4) is 0 Å². The average Bonchev–Trinajstić information content (AvgIpc) is 2.24. The minimum absolute atomic E-state index is 0.110. The molecular weight excluding hydrogens is 256 g/mol. The van der Waals surface area contributed by atoms with Gasteiger partial charge in [0, 0.05) is 18.8 Å². The number of nitrogens with zero attached hydrogens (tertiary/aromatic N) is 2. The van der Waals surface area contributed by atoms with Gasteiger partial charge in [-0.2, -0.15) is 0 Å². The van der Waals surface area contributed by atoms with E-state index in [0.29, 0.717) is 0 Å². The molecule has 0 unspecified atom stereocenters. The van der Waals surface area contributed by atoms with Crippen LogP contribution in [0.5, 0.6) is 0 Å². The van der Waals surface area contributed by atoms with Gasteiger partial charge in [0.05, 0.1) is 7.11 Å². The molecule has 0 spiro atoms. The maximum atomic E-state index is 11.5. The molecule has 8 heteroatoms. The highest BCUT2D eigenvalue weighted by molar-refractivity contribution is 7.99. The molecule has 7 nitrogen and oxygen atoms in total. The van der Waals surface area contributed by atoms with Crippen molar-refractivity contribution in [2.75, 3.05) is 21.2 Å². The van der Waals surface area contributed by atoms with Crippen molar-refractivity contribution in [2.24, 2.45) is 4.99 Å². The number of nitrogens with one attached hydrogen (secondary N) is 2. The molecule has 0 aliphatic carbocycles. The van der Waals surface area contributed by atoms with Crippen molar-refractivity contribution in [2.45, 2.75) is 25.5 Å². The highest BCUT2D eigenvalue weighted by Crippen LogP contribution is 2.18. The van der Waals surface area contributed by atoms with Gasteiger partial charge in [0.2, 0.25) is 0 Å². The van der Waals surface area contributed by atoms with Crippen LogP contribution in [0.15, 0.2) is 4.99 Å². The Balaban J connectivity index is 4.38. The van der Waals surface area contributed by atoms with E-state index < -0.39 is 12.1 Å². The summed E-state index contributed by atoms with van der Waals surface area (Å²) in [6.07, 6.45) is 0. The number of hydrogen-bond acceptors (Lipinski definition) is 4. The first-order chi connectivity index (χ1) is 8.15. The van der Waals surface area contributed by atoms with Crippen LogP contribution in [0, 0.1) is 0 Å². The predicted octanol–water partition coefficient (Wildman–Crippen LogP) is 1.42. The summed E-state index contributed by atoms with van der Waals surface area (Å²) in [5, 5.41) is 2.33. The summed E-state index contributed by atoms with van der Waals surface area (Å²) in [5.41, 5.74) is 0. The summed E-state index contributed by atoms with van der Waals surface area (Å²) in [7, 11) is 4.42. The van der Waals surface area contributed by atoms with Gasteiger partial charge in [-0.15, -0.1) is 4.99 Å². The van der Waals surface area contributed by atoms with E-state index >= 15 is 0 Å². The maximum Gasteiger partial charge on any atom is 0.347 e. The first-order valence-corrected chi connectivity index (χ1v) is 6.06. The van der Waals surface area contributed by atoms with Crippen LogP contribution in [-0.4, -0.2) is 48.9 Å². The molecule has 0 atom stereocenters. The average molecular weight is 276 g/mol. The highest BCUT2D eigenvalue weighted by atomic mass is 32.2. The largest absolute Gasteiger partial charge is 0.468 e. The normalized spacial score (nSPS) is 11.8. The molecule has 4 amide bonds. The number of ether oxygens (including phenoxy) is 1. The van der Waals surface area contributed by atoms with Crippen molar-refractivity contribution in [1.29, 1.82) is 0 Å². The third kappa shape index (κ3) is 7.77. The van der Waals surface area contributed by atoms with Crippen molar-refractivity contribution in [3.8, 4) is 0 Å². The molecule has 0 aliphatic heterocycles. The van der Waals surface area contributed by atoms with Crippen LogP contribution in [0.25, 0.3) is 0 Å². The van der Waals surface area contributed by atoms with E-state index in [1.165, 1.54) is 24.0 Å². The second-order valence-electron chi connectivity index (χ2n) is 4.57. The fourth-order valence-corrected chi connectivity index (χ4v) is 1.08. The number of urea groups is 2. The number of amides is 4. The number of carbonyl (C=O) groups is 2. The molecule has 0 rings (SSSR count). The number of methoxy groups -OCH3 is 1. The molecule has 0 aliphatic rings. The smallest absolute Gasteiger partial charge is 0.347 e. The minimum atomic E-state index is -0.518. The molecule has 0 saturated heterocycles. The summed E-state index contributed by atoms with van der Waals surface area (Å²) in [6.45, 7) is 5.87. The topological polar surface area (TPSA) is 83.0 Å². The van der Waals surface area contributed by atoms with Gasteiger partial charge >= 0.3 is 18.1 Å². The van der Waals surface area contributed by atoms with Crippen LogP contribution in [0.2, 0.25) is 0 Å². The third-order valence-corrected chi connectivity index (χ3v) is 2.34. The molecule has 0 bridgehead atoms. The second kappa shape index (κ2) is 7.10. The Morgan fingerprint density at radius 3 is 2.22 bits per heavy atom. The van der Waals surface area contributed by atoms with Crippen molar-refractivity contribution >= 4 is 30.0 Å². The van der Waals surface area contributed by atoms with Gasteiger partial charge in [-0.25, -0.2) is 9.59 Å². The van der Waals surface area contributed by atoms with Gasteiger partial charge < -0.3 is 9.64 Å². The highest BCUT2D eigenvalue weighted by Gasteiger charge is 2.15. The lowest BCUT2D eigenvalue weighted by atomic mass is 10.3. The number of rotatable bonds is 1. The first-order valence-electron chi connectivity index (χ1n) is 5.24. The van der Waals surface area contributed by atoms with Gasteiger partial charge in [0.25, 0.3) is 0 Å². The third-order valence-electron chi connectivity index (χ3n) is 1.44. The Hall–Kier alpha value is -1.44. The zero-order chi connectivity index (χ0) is 14.3. The molecule has 0 aromatic heterocycles. The van der Waals surface area contributed by atoms with Crippen molar-refractivity contribution in [3.63, 3.8) is 0 Å². The SMILES string of the molecule is COC(=NC(=O)N(C)C)NC(=O)NSC(C)(C)C. The summed E-state index contributed by atoms with van der Waals surface area (Å²) in [6, 6.07) is -1.17. The van der Waals surface area contributed by atoms with E-state index in [1.807, 2.05) is 20.8 Å². The van der Waals surface area contributed by atoms with E-state index in [2.05, 4.69) is 15.0 Å². The van der Waals surface area contributed by atoms with Crippen LogP contribution >= 0.6 is 11.9 Å². The molecular formula is C10H20N4O3S. The standard InChI is InChI=1S/C10H20N4O3S/c1-10(2,3)18-13-7(15)11-8(17-6)12-9(16)14(4)5/h1-6H3,(H2,11,12,13,15,16). The minimum Gasteiger partial charge on any atom is -0.468 e. The quantitative estimate of drug-likeness (QED) is 0.431. The van der Waals surface area contributed by atoms with Crippen LogP contribution < -0.4 is 10.0 Å². The molecule has 18 heavy (non-hydrogen) atoms. The van der Waals surface area contributed by atoms with E-state index in [1.54, 1.807) is 14.1 Å². The molecule has 0 aromatic rings. The van der Waals surface area contributed by atoms with Crippen LogP contribution in [0.1, 0.15) is 20.8 Å². The van der Waals surface area contributed by atoms with Gasteiger partial charge in [-0.1, -0.05) is 0 Å². The summed E-state index contributed by atoms with van der Waals surface area (Å²) in [5.74, 6) is 0. The summed E-state index contributed by atoms with van der Waals surface area (Å²) >= 11 is 1.25. The lowest BCUT2D eigenvalue weighted by Crippen LogP contribution is -2.39. The fraction of sp³-hybridized carbons (Fsp3) is 0.700. The number of hydrogen-bond donors (Lipinski definition) is 2. The zero-order valence-electron chi connectivity index (χ0n) is 11.5. The maximum absolute atomic E-state index is 11.5. The number of aliphatic imine (C=N–C) groups is 1. The molecule has 0 saturated carbocycles. The Bertz CT molecular complexity index is 337. The van der Waals surface area contributed by atoms with Gasteiger partial charge in [-0.3, -0.25) is 10.0 Å². The lowest BCUT2D eigenvalue weighted by molar-refractivity contribution is 0.226. The van der Waals surface area contributed by atoms with E-state index in [9.17, 15) is 9.59 Å². The molecule has 104 valence electrons. The molecule has 0 radical (unpaired) electrons. The molecule has 0 aromatic carbocycles. The second-order valence-corrected chi connectivity index (χ2v) is 6.20. The molecule has 0 heterocycles. The van der Waals surface area contributed by atoms with Crippen molar-refractivity contribution < 1.29 is 14.3 Å². The lowest BCUT2D eigenvalue weighted by Gasteiger charge is -2.17. The molecule has 2 N–H and O–H groups in total. The zero-order valence-corrected chi connectivity index (χ0v) is 12.3. The Morgan fingerprint density at radius 1 is 1.28 bits per heavy atom. The van der Waals surface area contributed by atoms with Crippen molar-refractivity contribution in [1.82, 2.24) is 14.9 Å². The van der Waals surface area contributed by atoms with E-state index in [0.717, 1.165) is 0 Å². The fourth-order valence-electron chi connectivity index (χ4n) is 0.634. The van der Waals surface area contributed by atoms with Crippen LogP contribution in [-0.2, 0) is 4.74 Å². The first kappa shape index (κ1) is 16.6. The predicted molar refractivity (Wildman–Crippen MR) is 72.5 cm³/mol. The number of carbonyl (C=O) groups excluding carboxylic acids is 2. The Kier molecular flexibility index (Phi) is 6.53. The van der Waals surface area contributed by atoms with Gasteiger partial charge in [-0.05, 0) is 32.7 Å². The Morgan fingerprint density at radius 2 is 1.83 bits per heavy atom. The molecule has 0 fully saturated rings. The summed E-state index contributed by atoms with van der Waals surface area (Å²) in [4.78, 5) is 27.6.